The van der Waals surface area contributed by atoms with Gasteiger partial charge in [-0.25, -0.2) is 0 Å². The average Bonchev–Trinajstić information content (AvgIpc) is 3.10. The molecule has 1 aromatic heterocycles. The fourth-order valence-corrected chi connectivity index (χ4v) is 3.41. The summed E-state index contributed by atoms with van der Waals surface area (Å²) >= 11 is 1.53. The number of morpholine rings is 1. The fraction of sp³-hybridized carbons (Fsp3) is 0.615. The van der Waals surface area contributed by atoms with Gasteiger partial charge in [0.2, 0.25) is 0 Å². The van der Waals surface area contributed by atoms with Crippen molar-refractivity contribution in [1.29, 1.82) is 0 Å². The maximum atomic E-state index is 12.2. The van der Waals surface area contributed by atoms with Crippen molar-refractivity contribution in [2.45, 2.75) is 12.5 Å². The number of carbonyl (C=O) groups is 1. The molecule has 3 rings (SSSR count). The molecule has 0 radical (unpaired) electrons. The third kappa shape index (κ3) is 2.43. The fourth-order valence-electron chi connectivity index (χ4n) is 2.72. The number of nitrogens with zero attached hydrogens (tertiary/aromatic N) is 2. The molecular formula is C13H18N2O2S. The van der Waals surface area contributed by atoms with Gasteiger partial charge in [0.05, 0.1) is 18.1 Å². The number of likely N-dealkylation sites (tertiary alicyclic amines) is 1. The summed E-state index contributed by atoms with van der Waals surface area (Å²) < 4.78 is 5.37. The van der Waals surface area contributed by atoms with E-state index in [0.29, 0.717) is 6.04 Å². The van der Waals surface area contributed by atoms with Crippen molar-refractivity contribution in [3.05, 3.63) is 22.4 Å². The van der Waals surface area contributed by atoms with E-state index in [1.54, 1.807) is 0 Å². The van der Waals surface area contributed by atoms with Crippen LogP contribution in [-0.2, 0) is 4.74 Å². The molecule has 0 saturated carbocycles. The van der Waals surface area contributed by atoms with Gasteiger partial charge >= 0.3 is 0 Å². The van der Waals surface area contributed by atoms with E-state index >= 15 is 0 Å². The summed E-state index contributed by atoms with van der Waals surface area (Å²) in [6.07, 6.45) is 1.09. The maximum absolute atomic E-state index is 12.2. The second-order valence-corrected chi connectivity index (χ2v) is 5.77. The zero-order valence-electron chi connectivity index (χ0n) is 10.4. The van der Waals surface area contributed by atoms with Gasteiger partial charge in [0, 0.05) is 32.2 Å². The molecule has 0 aromatic carbocycles. The molecule has 1 amide bonds. The van der Waals surface area contributed by atoms with Crippen molar-refractivity contribution in [2.75, 3.05) is 39.4 Å². The summed E-state index contributed by atoms with van der Waals surface area (Å²) in [6, 6.07) is 4.38. The Morgan fingerprint density at radius 3 is 2.89 bits per heavy atom. The van der Waals surface area contributed by atoms with Crippen LogP contribution in [0.2, 0.25) is 0 Å². The van der Waals surface area contributed by atoms with E-state index in [4.69, 9.17) is 4.74 Å². The van der Waals surface area contributed by atoms with Gasteiger partial charge in [-0.15, -0.1) is 11.3 Å². The molecule has 2 aliphatic rings. The number of amides is 1. The number of hydrogen-bond acceptors (Lipinski definition) is 4. The predicted octanol–water partition coefficient (Wildman–Crippen LogP) is 1.29. The Labute approximate surface area is 111 Å². The van der Waals surface area contributed by atoms with Gasteiger partial charge in [0.25, 0.3) is 5.91 Å². The quantitative estimate of drug-likeness (QED) is 0.809. The van der Waals surface area contributed by atoms with Crippen LogP contribution in [0.15, 0.2) is 17.5 Å². The first-order valence-corrected chi connectivity index (χ1v) is 7.37. The third-order valence-corrected chi connectivity index (χ3v) is 4.60. The van der Waals surface area contributed by atoms with E-state index in [1.807, 2.05) is 22.4 Å². The van der Waals surface area contributed by atoms with Crippen molar-refractivity contribution >= 4 is 17.2 Å². The van der Waals surface area contributed by atoms with Crippen LogP contribution < -0.4 is 0 Å². The van der Waals surface area contributed by atoms with Crippen molar-refractivity contribution in [2.24, 2.45) is 0 Å². The number of carbonyl (C=O) groups excluding carboxylic acids is 1. The second-order valence-electron chi connectivity index (χ2n) is 4.82. The lowest BCUT2D eigenvalue weighted by atomic mass is 10.2. The van der Waals surface area contributed by atoms with Gasteiger partial charge in [-0.1, -0.05) is 6.07 Å². The van der Waals surface area contributed by atoms with E-state index in [2.05, 4.69) is 4.90 Å². The van der Waals surface area contributed by atoms with Crippen LogP contribution in [0.5, 0.6) is 0 Å². The molecule has 2 saturated heterocycles. The molecule has 3 heterocycles. The SMILES string of the molecule is O=C(c1cccs1)N1CCC(N2CCOCC2)C1. The standard InChI is InChI=1S/C13H18N2O2S/c16-13(12-2-1-9-18-12)15-4-3-11(10-15)14-5-7-17-8-6-14/h1-2,9,11H,3-8,10H2. The molecule has 1 aromatic rings. The van der Waals surface area contributed by atoms with Crippen molar-refractivity contribution < 1.29 is 9.53 Å². The Morgan fingerprint density at radius 2 is 2.17 bits per heavy atom. The van der Waals surface area contributed by atoms with Crippen LogP contribution in [0.25, 0.3) is 0 Å². The summed E-state index contributed by atoms with van der Waals surface area (Å²) in [5.41, 5.74) is 0. The molecular weight excluding hydrogens is 248 g/mol. The summed E-state index contributed by atoms with van der Waals surface area (Å²) in [5.74, 6) is 0.195. The zero-order chi connectivity index (χ0) is 12.4. The Morgan fingerprint density at radius 1 is 1.33 bits per heavy atom. The summed E-state index contributed by atoms with van der Waals surface area (Å²) in [7, 11) is 0. The smallest absolute Gasteiger partial charge is 0.263 e. The molecule has 98 valence electrons. The molecule has 0 N–H and O–H groups in total. The molecule has 0 aliphatic carbocycles. The van der Waals surface area contributed by atoms with Gasteiger partial charge in [-0.05, 0) is 17.9 Å². The maximum Gasteiger partial charge on any atom is 0.263 e. The summed E-state index contributed by atoms with van der Waals surface area (Å²) in [5, 5.41) is 1.96. The summed E-state index contributed by atoms with van der Waals surface area (Å²) in [4.78, 5) is 17.5. The van der Waals surface area contributed by atoms with E-state index < -0.39 is 0 Å². The van der Waals surface area contributed by atoms with Gasteiger partial charge in [-0.2, -0.15) is 0 Å². The lowest BCUT2D eigenvalue weighted by Gasteiger charge is -2.32. The molecule has 18 heavy (non-hydrogen) atoms. The highest BCUT2D eigenvalue weighted by Crippen LogP contribution is 2.20. The third-order valence-electron chi connectivity index (χ3n) is 3.74. The summed E-state index contributed by atoms with van der Waals surface area (Å²) in [6.45, 7) is 5.43. The zero-order valence-corrected chi connectivity index (χ0v) is 11.2. The monoisotopic (exact) mass is 266 g/mol. The van der Waals surface area contributed by atoms with E-state index in [-0.39, 0.29) is 5.91 Å². The van der Waals surface area contributed by atoms with Crippen LogP contribution >= 0.6 is 11.3 Å². The number of hydrogen-bond donors (Lipinski definition) is 0. The number of ether oxygens (including phenoxy) is 1. The van der Waals surface area contributed by atoms with Gasteiger partial charge in [-0.3, -0.25) is 9.69 Å². The molecule has 1 unspecified atom stereocenters. The van der Waals surface area contributed by atoms with Gasteiger partial charge in [0.1, 0.15) is 0 Å². The van der Waals surface area contributed by atoms with E-state index in [0.717, 1.165) is 50.7 Å². The first kappa shape index (κ1) is 12.1. The highest BCUT2D eigenvalue weighted by molar-refractivity contribution is 7.12. The molecule has 2 aliphatic heterocycles. The molecule has 4 nitrogen and oxygen atoms in total. The molecule has 1 atom stereocenters. The predicted molar refractivity (Wildman–Crippen MR) is 71.0 cm³/mol. The molecule has 0 spiro atoms. The Hall–Kier alpha value is -0.910. The van der Waals surface area contributed by atoms with E-state index in [1.165, 1.54) is 11.3 Å². The first-order chi connectivity index (χ1) is 8.84. The van der Waals surface area contributed by atoms with Crippen LogP contribution in [-0.4, -0.2) is 61.1 Å². The van der Waals surface area contributed by atoms with Gasteiger partial charge in [0.15, 0.2) is 0 Å². The average molecular weight is 266 g/mol. The van der Waals surface area contributed by atoms with Crippen LogP contribution in [0, 0.1) is 0 Å². The first-order valence-electron chi connectivity index (χ1n) is 6.49. The minimum Gasteiger partial charge on any atom is -0.379 e. The van der Waals surface area contributed by atoms with Crippen molar-refractivity contribution in [1.82, 2.24) is 9.80 Å². The highest BCUT2D eigenvalue weighted by atomic mass is 32.1. The molecule has 5 heteroatoms. The second kappa shape index (κ2) is 5.38. The van der Waals surface area contributed by atoms with Crippen molar-refractivity contribution in [3.8, 4) is 0 Å². The van der Waals surface area contributed by atoms with Gasteiger partial charge < -0.3 is 9.64 Å². The Kier molecular flexibility index (Phi) is 3.63. The Bertz CT molecular complexity index is 401. The van der Waals surface area contributed by atoms with Crippen LogP contribution in [0.3, 0.4) is 0 Å². The largest absolute Gasteiger partial charge is 0.379 e. The number of rotatable bonds is 2. The lowest BCUT2D eigenvalue weighted by molar-refractivity contribution is 0.0185. The van der Waals surface area contributed by atoms with Crippen LogP contribution in [0.4, 0.5) is 0 Å². The minimum atomic E-state index is 0.195. The lowest BCUT2D eigenvalue weighted by Crippen LogP contribution is -2.45. The molecule has 2 fully saturated rings. The number of thiophene rings is 1. The van der Waals surface area contributed by atoms with Crippen molar-refractivity contribution in [3.63, 3.8) is 0 Å². The topological polar surface area (TPSA) is 32.8 Å². The van der Waals surface area contributed by atoms with E-state index in [9.17, 15) is 4.79 Å². The molecule has 0 bridgehead atoms. The Balaban J connectivity index is 1.59. The minimum absolute atomic E-state index is 0.195. The van der Waals surface area contributed by atoms with Crippen LogP contribution in [0.1, 0.15) is 16.1 Å². The highest BCUT2D eigenvalue weighted by Gasteiger charge is 2.31. The normalized spacial score (nSPS) is 25.6.